The molecule has 7 heteroatoms. The van der Waals surface area contributed by atoms with Gasteiger partial charge in [-0.25, -0.2) is 0 Å². The van der Waals surface area contributed by atoms with E-state index in [-0.39, 0.29) is 11.5 Å². The fourth-order valence-electron chi connectivity index (χ4n) is 1.75. The third kappa shape index (κ3) is 4.70. The molecule has 1 unspecified atom stereocenters. The van der Waals surface area contributed by atoms with Gasteiger partial charge in [0.05, 0.1) is 17.6 Å². The lowest BCUT2D eigenvalue weighted by molar-refractivity contribution is -0.186. The van der Waals surface area contributed by atoms with Gasteiger partial charge in [0, 0.05) is 14.1 Å². The Bertz CT molecular complexity index is 503. The van der Waals surface area contributed by atoms with Crippen molar-refractivity contribution in [3.63, 3.8) is 0 Å². The number of carbonyl (C=O) groups is 1. The minimum Gasteiger partial charge on any atom is -0.371 e. The summed E-state index contributed by atoms with van der Waals surface area (Å²) in [5.41, 5.74) is 0.622. The van der Waals surface area contributed by atoms with Crippen molar-refractivity contribution in [2.75, 3.05) is 20.6 Å². The lowest BCUT2D eigenvalue weighted by Crippen LogP contribution is -2.46. The van der Waals surface area contributed by atoms with E-state index in [2.05, 4.69) is 0 Å². The van der Waals surface area contributed by atoms with E-state index in [0.717, 1.165) is 4.90 Å². The first-order chi connectivity index (χ1) is 9.64. The first kappa shape index (κ1) is 17.4. The molecule has 1 amide bonds. The largest absolute Gasteiger partial charge is 0.471 e. The summed E-state index contributed by atoms with van der Waals surface area (Å²) < 4.78 is 38.3. The maximum absolute atomic E-state index is 12.8. The number of likely N-dealkylation sites (N-methyl/N-ethyl adjacent to an activating group) is 1. The monoisotopic (exact) mass is 318 g/mol. The Hall–Kier alpha value is -1.63. The molecule has 1 atom stereocenters. The molecular formula is C14H17F3N2OS. The van der Waals surface area contributed by atoms with Crippen LogP contribution in [0.25, 0.3) is 0 Å². The molecule has 0 aliphatic heterocycles. The molecule has 1 aromatic carbocycles. The van der Waals surface area contributed by atoms with Gasteiger partial charge in [-0.05, 0) is 12.5 Å². The average molecular weight is 318 g/mol. The lowest BCUT2D eigenvalue weighted by atomic mass is 10.1. The predicted octanol–water partition coefficient (Wildman–Crippen LogP) is 3.03. The molecule has 0 aliphatic rings. The molecular weight excluding hydrogens is 301 g/mol. The van der Waals surface area contributed by atoms with Crippen LogP contribution in [-0.2, 0) is 4.79 Å². The highest BCUT2D eigenvalue weighted by Crippen LogP contribution is 2.26. The second-order valence-electron chi connectivity index (χ2n) is 4.81. The van der Waals surface area contributed by atoms with Crippen LogP contribution >= 0.6 is 12.2 Å². The topological polar surface area (TPSA) is 23.6 Å². The maximum atomic E-state index is 12.8. The summed E-state index contributed by atoms with van der Waals surface area (Å²) in [6.45, 7) is 1.30. The molecule has 0 spiro atoms. The van der Waals surface area contributed by atoms with Crippen LogP contribution in [0.2, 0.25) is 0 Å². The molecule has 0 saturated carbocycles. The van der Waals surface area contributed by atoms with Gasteiger partial charge in [-0.3, -0.25) is 4.79 Å². The minimum atomic E-state index is -4.93. The quantitative estimate of drug-likeness (QED) is 0.797. The Kier molecular flexibility index (Phi) is 5.71. The molecule has 0 saturated heterocycles. The maximum Gasteiger partial charge on any atom is 0.471 e. The van der Waals surface area contributed by atoms with Crippen LogP contribution in [-0.4, -0.2) is 47.5 Å². The van der Waals surface area contributed by atoms with Gasteiger partial charge in [-0.15, -0.1) is 0 Å². The van der Waals surface area contributed by atoms with Crippen LogP contribution < -0.4 is 0 Å². The zero-order chi connectivity index (χ0) is 16.2. The van der Waals surface area contributed by atoms with Gasteiger partial charge in [-0.1, -0.05) is 42.5 Å². The Morgan fingerprint density at radius 3 is 2.19 bits per heavy atom. The molecule has 21 heavy (non-hydrogen) atoms. The third-order valence-corrected chi connectivity index (χ3v) is 3.55. The number of thiocarbonyl (C=S) groups is 1. The Labute approximate surface area is 127 Å². The number of rotatable bonds is 4. The molecule has 0 radical (unpaired) electrons. The van der Waals surface area contributed by atoms with E-state index in [1.807, 2.05) is 0 Å². The van der Waals surface area contributed by atoms with E-state index in [9.17, 15) is 18.0 Å². The second kappa shape index (κ2) is 6.89. The summed E-state index contributed by atoms with van der Waals surface area (Å²) >= 11 is 5.03. The highest BCUT2D eigenvalue weighted by Gasteiger charge is 2.44. The highest BCUT2D eigenvalue weighted by molar-refractivity contribution is 7.80. The number of carbonyl (C=O) groups excluding carboxylic acids is 1. The smallest absolute Gasteiger partial charge is 0.371 e. The van der Waals surface area contributed by atoms with Gasteiger partial charge in [0.2, 0.25) is 0 Å². The number of benzene rings is 1. The van der Waals surface area contributed by atoms with Crippen LogP contribution in [0.15, 0.2) is 30.3 Å². The van der Waals surface area contributed by atoms with E-state index < -0.39 is 18.1 Å². The summed E-state index contributed by atoms with van der Waals surface area (Å²) in [5.74, 6) is -1.89. The number of hydrogen-bond donors (Lipinski definition) is 0. The number of hydrogen-bond acceptors (Lipinski definition) is 2. The van der Waals surface area contributed by atoms with Crippen LogP contribution in [0.5, 0.6) is 0 Å². The summed E-state index contributed by atoms with van der Waals surface area (Å²) in [5, 5.41) is 0. The van der Waals surface area contributed by atoms with Crippen LogP contribution in [0.1, 0.15) is 18.5 Å². The van der Waals surface area contributed by atoms with Crippen molar-refractivity contribution in [3.8, 4) is 0 Å². The summed E-state index contributed by atoms with van der Waals surface area (Å²) in [7, 11) is 3.26. The van der Waals surface area contributed by atoms with Gasteiger partial charge in [0.15, 0.2) is 0 Å². The summed E-state index contributed by atoms with van der Waals surface area (Å²) in [6, 6.07) is 7.83. The molecule has 0 fully saturated rings. The Balaban J connectivity index is 3.07. The summed E-state index contributed by atoms with van der Waals surface area (Å²) in [6.07, 6.45) is -4.93. The molecule has 0 heterocycles. The van der Waals surface area contributed by atoms with Gasteiger partial charge < -0.3 is 9.80 Å². The highest BCUT2D eigenvalue weighted by atomic mass is 32.1. The van der Waals surface area contributed by atoms with E-state index >= 15 is 0 Å². The average Bonchev–Trinajstić information content (AvgIpc) is 2.42. The van der Waals surface area contributed by atoms with E-state index in [0.29, 0.717) is 5.56 Å². The molecule has 0 N–H and O–H groups in total. The van der Waals surface area contributed by atoms with Crippen LogP contribution in [0.3, 0.4) is 0 Å². The molecule has 1 rings (SSSR count). The molecule has 0 aliphatic carbocycles. The van der Waals surface area contributed by atoms with Gasteiger partial charge >= 0.3 is 12.1 Å². The van der Waals surface area contributed by atoms with Gasteiger partial charge in [0.1, 0.15) is 0 Å². The molecule has 1 aromatic rings. The van der Waals surface area contributed by atoms with E-state index in [4.69, 9.17) is 12.2 Å². The zero-order valence-corrected chi connectivity index (χ0v) is 12.8. The number of alkyl halides is 3. The fraction of sp³-hybridized carbons (Fsp3) is 0.429. The van der Waals surface area contributed by atoms with Crippen molar-refractivity contribution < 1.29 is 18.0 Å². The Morgan fingerprint density at radius 2 is 1.76 bits per heavy atom. The first-order valence-electron chi connectivity index (χ1n) is 6.27. The van der Waals surface area contributed by atoms with Crippen molar-refractivity contribution >= 4 is 23.1 Å². The van der Waals surface area contributed by atoms with Gasteiger partial charge in [-0.2, -0.15) is 13.2 Å². The normalized spacial score (nSPS) is 12.7. The minimum absolute atomic E-state index is 0.253. The lowest BCUT2D eigenvalue weighted by Gasteiger charge is -2.31. The summed E-state index contributed by atoms with van der Waals surface area (Å²) in [4.78, 5) is 14.2. The van der Waals surface area contributed by atoms with E-state index in [1.165, 1.54) is 4.90 Å². The van der Waals surface area contributed by atoms with Crippen molar-refractivity contribution in [1.29, 1.82) is 0 Å². The van der Waals surface area contributed by atoms with Crippen LogP contribution in [0, 0.1) is 0 Å². The van der Waals surface area contributed by atoms with Crippen molar-refractivity contribution in [2.45, 2.75) is 19.1 Å². The molecule has 0 aromatic heterocycles. The number of nitrogens with zero attached hydrogens (tertiary/aromatic N) is 2. The molecule has 3 nitrogen and oxygen atoms in total. The first-order valence-corrected chi connectivity index (χ1v) is 6.68. The Morgan fingerprint density at radius 1 is 1.24 bits per heavy atom. The zero-order valence-electron chi connectivity index (χ0n) is 12.0. The third-order valence-electron chi connectivity index (χ3n) is 3.06. The number of halogens is 3. The number of amides is 1. The van der Waals surface area contributed by atoms with E-state index in [1.54, 1.807) is 51.4 Å². The van der Waals surface area contributed by atoms with Crippen molar-refractivity contribution in [2.24, 2.45) is 0 Å². The standard InChI is InChI=1S/C14H17F3N2OS/c1-10(11-7-5-4-6-8-11)19(9-12(21)18(2)3)13(20)14(15,16)17/h4-8,10H,9H2,1-3H3. The fourth-order valence-corrected chi connectivity index (χ4v) is 1.89. The SMILES string of the molecule is CC(c1ccccc1)N(CC(=S)N(C)C)C(=O)C(F)(F)F. The van der Waals surface area contributed by atoms with Crippen molar-refractivity contribution in [1.82, 2.24) is 9.80 Å². The second-order valence-corrected chi connectivity index (χ2v) is 5.28. The molecule has 116 valence electrons. The molecule has 0 bridgehead atoms. The van der Waals surface area contributed by atoms with Crippen LogP contribution in [0.4, 0.5) is 13.2 Å². The predicted molar refractivity (Wildman–Crippen MR) is 78.9 cm³/mol. The van der Waals surface area contributed by atoms with Crippen molar-refractivity contribution in [3.05, 3.63) is 35.9 Å². The van der Waals surface area contributed by atoms with Gasteiger partial charge in [0.25, 0.3) is 0 Å².